The van der Waals surface area contributed by atoms with Crippen LogP contribution in [0, 0.1) is 3.57 Å². The first kappa shape index (κ1) is 23.1. The molecule has 0 saturated carbocycles. The maximum Gasteiger partial charge on any atom is 0.293 e. The summed E-state index contributed by atoms with van der Waals surface area (Å²) in [6.45, 7) is 5.27. The van der Waals surface area contributed by atoms with Crippen LogP contribution in [-0.4, -0.2) is 29.3 Å². The Morgan fingerprint density at radius 1 is 1.13 bits per heavy atom. The van der Waals surface area contributed by atoms with Gasteiger partial charge >= 0.3 is 0 Å². The number of thioether (sulfide) groups is 1. The molecule has 2 amide bonds. The van der Waals surface area contributed by atoms with E-state index in [1.807, 2.05) is 50.2 Å². The van der Waals surface area contributed by atoms with Crippen LogP contribution >= 0.6 is 50.3 Å². The van der Waals surface area contributed by atoms with Crippen LogP contribution < -0.4 is 9.47 Å². The highest BCUT2D eigenvalue weighted by Crippen LogP contribution is 2.39. The van der Waals surface area contributed by atoms with E-state index >= 15 is 0 Å². The van der Waals surface area contributed by atoms with Crippen LogP contribution in [0.1, 0.15) is 31.4 Å². The lowest BCUT2D eigenvalue weighted by Gasteiger charge is -2.14. The van der Waals surface area contributed by atoms with Gasteiger partial charge in [-0.15, -0.1) is 0 Å². The van der Waals surface area contributed by atoms with Crippen LogP contribution in [0.15, 0.2) is 45.8 Å². The summed E-state index contributed by atoms with van der Waals surface area (Å²) in [6, 6.07) is 11.5. The monoisotopic (exact) mass is 601 g/mol. The molecule has 1 aliphatic heterocycles. The van der Waals surface area contributed by atoms with Crippen LogP contribution in [0.4, 0.5) is 4.79 Å². The molecule has 3 rings (SSSR count). The van der Waals surface area contributed by atoms with Gasteiger partial charge in [0.2, 0.25) is 0 Å². The van der Waals surface area contributed by atoms with E-state index in [2.05, 4.69) is 38.5 Å². The van der Waals surface area contributed by atoms with E-state index in [0.29, 0.717) is 29.6 Å². The summed E-state index contributed by atoms with van der Waals surface area (Å²) < 4.78 is 13.4. The van der Waals surface area contributed by atoms with Crippen molar-refractivity contribution < 1.29 is 19.1 Å². The Balaban J connectivity index is 1.84. The molecular formula is C22H21BrINO4S. The predicted octanol–water partition coefficient (Wildman–Crippen LogP) is 6.48. The summed E-state index contributed by atoms with van der Waals surface area (Å²) in [5, 5.41) is -0.267. The summed E-state index contributed by atoms with van der Waals surface area (Å²) in [5.41, 5.74) is 1.67. The zero-order valence-corrected chi connectivity index (χ0v) is 21.2. The second kappa shape index (κ2) is 10.7. The highest BCUT2D eigenvalue weighted by Gasteiger charge is 2.35. The third-order valence-corrected chi connectivity index (χ3v) is 6.42. The van der Waals surface area contributed by atoms with Gasteiger partial charge in [-0.3, -0.25) is 14.5 Å². The Morgan fingerprint density at radius 3 is 2.53 bits per heavy atom. The van der Waals surface area contributed by atoms with Gasteiger partial charge in [0.25, 0.3) is 11.1 Å². The Kier molecular flexibility index (Phi) is 8.24. The number of carbonyl (C=O) groups excluding carboxylic acids is 2. The number of halogens is 2. The summed E-state index contributed by atoms with van der Waals surface area (Å²) in [7, 11) is 0. The first-order valence-corrected chi connectivity index (χ1v) is 12.2. The van der Waals surface area contributed by atoms with Crippen molar-refractivity contribution in [3.8, 4) is 11.5 Å². The van der Waals surface area contributed by atoms with E-state index in [1.165, 1.54) is 4.90 Å². The van der Waals surface area contributed by atoms with Crippen LogP contribution in [0.25, 0.3) is 6.08 Å². The number of ether oxygens (including phenoxy) is 2. The Hall–Kier alpha value is -1.52. The molecule has 0 unspecified atom stereocenters. The predicted molar refractivity (Wildman–Crippen MR) is 132 cm³/mol. The topological polar surface area (TPSA) is 55.8 Å². The van der Waals surface area contributed by atoms with E-state index in [1.54, 1.807) is 6.08 Å². The minimum atomic E-state index is -0.288. The van der Waals surface area contributed by atoms with E-state index in [9.17, 15) is 9.59 Å². The molecule has 2 aromatic rings. The summed E-state index contributed by atoms with van der Waals surface area (Å²) in [5.74, 6) is 0.955. The molecular weight excluding hydrogens is 581 g/mol. The lowest BCUT2D eigenvalue weighted by atomic mass is 10.1. The SMILES string of the molecule is CCCOc1c(Br)cc(/C=C2\SC(=O)N(Cc3ccc(I)cc3)C2=O)cc1OCC. The van der Waals surface area contributed by atoms with E-state index in [0.717, 1.165) is 37.4 Å². The van der Waals surface area contributed by atoms with Gasteiger partial charge in [0.05, 0.1) is 29.1 Å². The first-order valence-electron chi connectivity index (χ1n) is 9.51. The van der Waals surface area contributed by atoms with Crippen molar-refractivity contribution in [2.75, 3.05) is 13.2 Å². The molecule has 0 radical (unpaired) electrons. The number of rotatable bonds is 8. The molecule has 0 bridgehead atoms. The summed E-state index contributed by atoms with van der Waals surface area (Å²) in [6.07, 6.45) is 2.60. The fourth-order valence-electron chi connectivity index (χ4n) is 2.84. The van der Waals surface area contributed by atoms with Crippen molar-refractivity contribution in [3.63, 3.8) is 0 Å². The van der Waals surface area contributed by atoms with Gasteiger partial charge in [0.1, 0.15) is 0 Å². The Labute approximate surface area is 202 Å². The normalized spacial score (nSPS) is 15.2. The number of imide groups is 1. The molecule has 5 nitrogen and oxygen atoms in total. The average Bonchev–Trinajstić information content (AvgIpc) is 2.96. The van der Waals surface area contributed by atoms with Gasteiger partial charge in [0, 0.05) is 3.57 Å². The number of hydrogen-bond donors (Lipinski definition) is 0. The Bertz CT molecular complexity index is 978. The standard InChI is InChI=1S/C22H21BrINO4S/c1-3-9-29-20-17(23)10-15(11-18(20)28-4-2)12-19-21(26)25(22(27)30-19)13-14-5-7-16(24)8-6-14/h5-8,10-12H,3-4,9,13H2,1-2H3/b19-12-. The molecule has 2 aromatic carbocycles. The van der Waals surface area contributed by atoms with Crippen molar-refractivity contribution in [2.45, 2.75) is 26.8 Å². The second-order valence-electron chi connectivity index (χ2n) is 6.51. The fourth-order valence-corrected chi connectivity index (χ4v) is 4.61. The smallest absolute Gasteiger partial charge is 0.293 e. The van der Waals surface area contributed by atoms with Crippen LogP contribution in [0.5, 0.6) is 11.5 Å². The van der Waals surface area contributed by atoms with Gasteiger partial charge in [0.15, 0.2) is 11.5 Å². The van der Waals surface area contributed by atoms with Crippen molar-refractivity contribution >= 4 is 67.5 Å². The highest BCUT2D eigenvalue weighted by atomic mass is 127. The minimum absolute atomic E-state index is 0.261. The zero-order valence-electron chi connectivity index (χ0n) is 16.6. The van der Waals surface area contributed by atoms with Crippen LogP contribution in [0.2, 0.25) is 0 Å². The van der Waals surface area contributed by atoms with E-state index in [-0.39, 0.29) is 17.7 Å². The van der Waals surface area contributed by atoms with Crippen molar-refractivity contribution in [3.05, 3.63) is 60.5 Å². The molecule has 0 N–H and O–H groups in total. The number of hydrogen-bond acceptors (Lipinski definition) is 5. The maximum atomic E-state index is 12.8. The van der Waals surface area contributed by atoms with Gasteiger partial charge < -0.3 is 9.47 Å². The van der Waals surface area contributed by atoms with Crippen LogP contribution in [0.3, 0.4) is 0 Å². The molecule has 1 aliphatic rings. The molecule has 0 atom stereocenters. The number of carbonyl (C=O) groups is 2. The molecule has 8 heteroatoms. The molecule has 0 aromatic heterocycles. The average molecular weight is 602 g/mol. The number of nitrogens with zero attached hydrogens (tertiary/aromatic N) is 1. The number of benzene rings is 2. The minimum Gasteiger partial charge on any atom is -0.490 e. The lowest BCUT2D eigenvalue weighted by molar-refractivity contribution is -0.123. The summed E-state index contributed by atoms with van der Waals surface area (Å²) in [4.78, 5) is 26.9. The molecule has 0 spiro atoms. The Morgan fingerprint density at radius 2 is 1.87 bits per heavy atom. The summed E-state index contributed by atoms with van der Waals surface area (Å²) >= 11 is 6.71. The fraction of sp³-hybridized carbons (Fsp3) is 0.273. The quantitative estimate of drug-likeness (QED) is 0.256. The molecule has 158 valence electrons. The maximum absolute atomic E-state index is 12.8. The van der Waals surface area contributed by atoms with Crippen molar-refractivity contribution in [1.82, 2.24) is 4.90 Å². The zero-order chi connectivity index (χ0) is 21.7. The molecule has 1 heterocycles. The molecule has 1 fully saturated rings. The largest absolute Gasteiger partial charge is 0.490 e. The molecule has 30 heavy (non-hydrogen) atoms. The van der Waals surface area contributed by atoms with Crippen LogP contribution in [-0.2, 0) is 11.3 Å². The van der Waals surface area contributed by atoms with Gasteiger partial charge in [-0.05, 0) is 105 Å². The third-order valence-electron chi connectivity index (χ3n) is 4.21. The first-order chi connectivity index (χ1) is 14.4. The molecule has 1 saturated heterocycles. The van der Waals surface area contributed by atoms with E-state index < -0.39 is 0 Å². The van der Waals surface area contributed by atoms with Gasteiger partial charge in [-0.25, -0.2) is 0 Å². The van der Waals surface area contributed by atoms with Crippen molar-refractivity contribution in [1.29, 1.82) is 0 Å². The van der Waals surface area contributed by atoms with Gasteiger partial charge in [-0.1, -0.05) is 19.1 Å². The second-order valence-corrected chi connectivity index (χ2v) is 9.60. The highest BCUT2D eigenvalue weighted by molar-refractivity contribution is 14.1. The third kappa shape index (κ3) is 5.59. The van der Waals surface area contributed by atoms with Gasteiger partial charge in [-0.2, -0.15) is 0 Å². The number of amides is 2. The lowest BCUT2D eigenvalue weighted by Crippen LogP contribution is -2.27. The van der Waals surface area contributed by atoms with Crippen molar-refractivity contribution in [2.24, 2.45) is 0 Å². The van der Waals surface area contributed by atoms with E-state index in [4.69, 9.17) is 9.47 Å². The molecule has 0 aliphatic carbocycles.